The van der Waals surface area contributed by atoms with E-state index in [1.165, 1.54) is 12.8 Å². The van der Waals surface area contributed by atoms with Crippen molar-refractivity contribution in [2.75, 3.05) is 18.0 Å². The van der Waals surface area contributed by atoms with Crippen molar-refractivity contribution in [2.24, 2.45) is 7.05 Å². The molecule has 5 rings (SSSR count). The Morgan fingerprint density at radius 3 is 2.65 bits per heavy atom. The van der Waals surface area contributed by atoms with Crippen LogP contribution in [0.5, 0.6) is 0 Å². The number of fused-ring (bicyclic) bond motifs is 1. The summed E-state index contributed by atoms with van der Waals surface area (Å²) in [5.41, 5.74) is 1.03. The fourth-order valence-corrected chi connectivity index (χ4v) is 4.23. The van der Waals surface area contributed by atoms with Crippen molar-refractivity contribution in [2.45, 2.75) is 51.1 Å². The van der Waals surface area contributed by atoms with Gasteiger partial charge >= 0.3 is 0 Å². The Bertz CT molecular complexity index is 877. The van der Waals surface area contributed by atoms with E-state index in [4.69, 9.17) is 26.8 Å². The highest BCUT2D eigenvalue weighted by atomic mass is 35.5. The molecule has 9 heteroatoms. The second-order valence-electron chi connectivity index (χ2n) is 7.56. The quantitative estimate of drug-likeness (QED) is 0.769. The predicted octanol–water partition coefficient (Wildman–Crippen LogP) is 2.63. The maximum Gasteiger partial charge on any atom is 0.244 e. The zero-order valence-electron chi connectivity index (χ0n) is 15.3. The highest BCUT2D eigenvalue weighted by molar-refractivity contribution is 6.14. The Kier molecular flexibility index (Phi) is 3.53. The summed E-state index contributed by atoms with van der Waals surface area (Å²) in [6.07, 6.45) is 5.36. The second-order valence-corrected chi connectivity index (χ2v) is 7.95. The summed E-state index contributed by atoms with van der Waals surface area (Å²) in [7, 11) is 1.99. The van der Waals surface area contributed by atoms with Crippen LogP contribution in [0.3, 0.4) is 0 Å². The van der Waals surface area contributed by atoms with Crippen molar-refractivity contribution in [3.05, 3.63) is 23.7 Å². The number of hydrogen-bond acceptors (Lipinski definition) is 6. The lowest BCUT2D eigenvalue weighted by Gasteiger charge is -2.26. The van der Waals surface area contributed by atoms with E-state index in [1.807, 2.05) is 36.5 Å². The first-order valence-electron chi connectivity index (χ1n) is 9.28. The number of nitrogens with zero attached hydrogens (tertiary/aromatic N) is 8. The van der Waals surface area contributed by atoms with Gasteiger partial charge in [0.1, 0.15) is 12.0 Å². The van der Waals surface area contributed by atoms with Gasteiger partial charge in [0, 0.05) is 55.5 Å². The monoisotopic (exact) mass is 374 g/mol. The number of anilines is 1. The van der Waals surface area contributed by atoms with Crippen LogP contribution in [0.25, 0.3) is 5.57 Å². The van der Waals surface area contributed by atoms with Crippen LogP contribution in [-0.4, -0.2) is 47.0 Å². The standard InChI is InChI=1S/C17H23ClN8/c1-10-9-25(18)11(2)26-15(10)19-14(21-26)12-8-13(12)16-20-17(22-23(16)3)24-6-4-5-7-24/h9,11-13H,4-8H2,1-3H3/t11?,12-,13-/m0/s1. The molecule has 138 valence electrons. The molecule has 1 unspecified atom stereocenters. The molecule has 1 saturated heterocycles. The van der Waals surface area contributed by atoms with Gasteiger partial charge in [-0.3, -0.25) is 9.10 Å². The Morgan fingerprint density at radius 2 is 1.88 bits per heavy atom. The minimum absolute atomic E-state index is 0.0367. The number of aromatic nitrogens is 6. The molecule has 3 atom stereocenters. The maximum absolute atomic E-state index is 6.25. The highest BCUT2D eigenvalue weighted by Crippen LogP contribution is 2.53. The van der Waals surface area contributed by atoms with E-state index in [9.17, 15) is 0 Å². The van der Waals surface area contributed by atoms with Gasteiger partial charge in [0.15, 0.2) is 11.6 Å². The van der Waals surface area contributed by atoms with Gasteiger partial charge in [-0.15, -0.1) is 5.10 Å². The third-order valence-corrected chi connectivity index (χ3v) is 6.04. The van der Waals surface area contributed by atoms with Crippen LogP contribution in [0.2, 0.25) is 0 Å². The average Bonchev–Trinajstić information content (AvgIpc) is 3.01. The van der Waals surface area contributed by atoms with Crippen LogP contribution < -0.4 is 4.90 Å². The number of rotatable bonds is 3. The first-order valence-corrected chi connectivity index (χ1v) is 9.62. The predicted molar refractivity (Wildman–Crippen MR) is 98.6 cm³/mol. The topological polar surface area (TPSA) is 67.9 Å². The Balaban J connectivity index is 1.39. The lowest BCUT2D eigenvalue weighted by Crippen LogP contribution is -2.24. The summed E-state index contributed by atoms with van der Waals surface area (Å²) in [5.74, 6) is 4.37. The molecule has 1 saturated carbocycles. The molecule has 8 nitrogen and oxygen atoms in total. The SMILES string of the molecule is CC1=CN(Cl)C(C)n2nc([C@H]3C[C@@H]3c3nc(N4CCCC4)nn3C)nc21. The molecule has 2 aromatic rings. The number of hydrogen-bond donors (Lipinski definition) is 0. The lowest BCUT2D eigenvalue weighted by atomic mass is 10.2. The summed E-state index contributed by atoms with van der Waals surface area (Å²) < 4.78 is 5.50. The van der Waals surface area contributed by atoms with Gasteiger partial charge in [-0.25, -0.2) is 9.67 Å². The van der Waals surface area contributed by atoms with Crippen LogP contribution >= 0.6 is 11.8 Å². The molecule has 0 radical (unpaired) electrons. The molecule has 0 bridgehead atoms. The van der Waals surface area contributed by atoms with Gasteiger partial charge in [0.05, 0.1) is 0 Å². The van der Waals surface area contributed by atoms with Gasteiger partial charge < -0.3 is 4.90 Å². The summed E-state index contributed by atoms with van der Waals surface area (Å²) >= 11 is 6.25. The van der Waals surface area contributed by atoms with Gasteiger partial charge in [-0.2, -0.15) is 10.1 Å². The Morgan fingerprint density at radius 1 is 1.12 bits per heavy atom. The summed E-state index contributed by atoms with van der Waals surface area (Å²) in [5, 5.41) is 9.39. The van der Waals surface area contributed by atoms with Gasteiger partial charge in [-0.05, 0) is 33.1 Å². The van der Waals surface area contributed by atoms with E-state index in [0.29, 0.717) is 11.8 Å². The zero-order valence-corrected chi connectivity index (χ0v) is 16.1. The fourth-order valence-electron chi connectivity index (χ4n) is 4.00. The molecule has 3 aliphatic rings. The molecule has 2 aliphatic heterocycles. The molecule has 2 fully saturated rings. The summed E-state index contributed by atoms with van der Waals surface area (Å²) in [6, 6.07) is 0. The minimum Gasteiger partial charge on any atom is -0.340 e. The normalized spacial score (nSPS) is 27.7. The first kappa shape index (κ1) is 16.1. The highest BCUT2D eigenvalue weighted by Gasteiger charge is 2.46. The molecule has 0 N–H and O–H groups in total. The average molecular weight is 375 g/mol. The largest absolute Gasteiger partial charge is 0.340 e. The molecule has 0 amide bonds. The van der Waals surface area contributed by atoms with Crippen molar-refractivity contribution in [3.8, 4) is 0 Å². The van der Waals surface area contributed by atoms with E-state index in [-0.39, 0.29) is 6.17 Å². The van der Waals surface area contributed by atoms with Crippen LogP contribution in [-0.2, 0) is 7.05 Å². The smallest absolute Gasteiger partial charge is 0.244 e. The van der Waals surface area contributed by atoms with E-state index in [1.54, 1.807) is 4.42 Å². The fraction of sp³-hybridized carbons (Fsp3) is 0.647. The number of halogens is 1. The summed E-state index contributed by atoms with van der Waals surface area (Å²) in [4.78, 5) is 11.9. The second kappa shape index (κ2) is 5.70. The molecular weight excluding hydrogens is 352 g/mol. The molecule has 26 heavy (non-hydrogen) atoms. The van der Waals surface area contributed by atoms with Gasteiger partial charge in [-0.1, -0.05) is 0 Å². The van der Waals surface area contributed by atoms with E-state index < -0.39 is 0 Å². The van der Waals surface area contributed by atoms with Crippen LogP contribution in [0, 0.1) is 0 Å². The third kappa shape index (κ3) is 2.42. The number of aryl methyl sites for hydroxylation is 1. The molecule has 0 spiro atoms. The van der Waals surface area contributed by atoms with Crippen LogP contribution in [0.4, 0.5) is 5.95 Å². The lowest BCUT2D eigenvalue weighted by molar-refractivity contribution is 0.312. The van der Waals surface area contributed by atoms with Crippen LogP contribution in [0.15, 0.2) is 6.20 Å². The zero-order chi connectivity index (χ0) is 18.0. The first-order chi connectivity index (χ1) is 12.5. The Labute approximate surface area is 157 Å². The maximum atomic E-state index is 6.25. The molecular formula is C17H23ClN8. The third-order valence-electron chi connectivity index (χ3n) is 5.66. The van der Waals surface area contributed by atoms with E-state index in [2.05, 4.69) is 10.00 Å². The number of allylic oxidation sites excluding steroid dienone is 1. The van der Waals surface area contributed by atoms with Crippen molar-refractivity contribution in [3.63, 3.8) is 0 Å². The van der Waals surface area contributed by atoms with Crippen LogP contribution in [0.1, 0.15) is 68.6 Å². The summed E-state index contributed by atoms with van der Waals surface area (Å²) in [6.45, 7) is 6.16. The Hall–Kier alpha value is -2.09. The molecule has 1 aliphatic carbocycles. The van der Waals surface area contributed by atoms with Crippen molar-refractivity contribution >= 4 is 23.3 Å². The molecule has 4 heterocycles. The van der Waals surface area contributed by atoms with Crippen molar-refractivity contribution in [1.82, 2.24) is 33.9 Å². The molecule has 2 aromatic heterocycles. The minimum atomic E-state index is -0.0367. The van der Waals surface area contributed by atoms with E-state index >= 15 is 0 Å². The van der Waals surface area contributed by atoms with Crippen molar-refractivity contribution in [1.29, 1.82) is 0 Å². The van der Waals surface area contributed by atoms with Gasteiger partial charge in [0.25, 0.3) is 0 Å². The molecule has 0 aromatic carbocycles. The van der Waals surface area contributed by atoms with Crippen molar-refractivity contribution < 1.29 is 0 Å². The van der Waals surface area contributed by atoms with E-state index in [0.717, 1.165) is 48.5 Å². The van der Waals surface area contributed by atoms with Gasteiger partial charge in [0.2, 0.25) is 5.95 Å².